The van der Waals surface area contributed by atoms with Crippen molar-refractivity contribution in [3.05, 3.63) is 53.6 Å². The van der Waals surface area contributed by atoms with Crippen LogP contribution in [0.4, 0.5) is 5.69 Å². The Morgan fingerprint density at radius 1 is 1.09 bits per heavy atom. The maximum Gasteiger partial charge on any atom is 0.338 e. The van der Waals surface area contributed by atoms with Gasteiger partial charge in [-0.25, -0.2) is 14.8 Å². The van der Waals surface area contributed by atoms with Gasteiger partial charge in [-0.3, -0.25) is 4.99 Å². The topological polar surface area (TPSA) is 64.4 Å². The van der Waals surface area contributed by atoms with Gasteiger partial charge in [-0.2, -0.15) is 0 Å². The predicted molar refractivity (Wildman–Crippen MR) is 125 cm³/mol. The van der Waals surface area contributed by atoms with Crippen LogP contribution in [0.25, 0.3) is 0 Å². The molecular weight excluding hydrogens is 398 g/mol. The molecule has 168 valence electrons. The molecule has 4 aliphatic carbocycles. The van der Waals surface area contributed by atoms with Gasteiger partial charge in [-0.15, -0.1) is 0 Å². The lowest BCUT2D eigenvalue weighted by atomic mass is 9.48. The molecule has 5 heteroatoms. The minimum atomic E-state index is -0.528. The second-order valence-corrected chi connectivity index (χ2v) is 11.4. The Morgan fingerprint density at radius 2 is 1.72 bits per heavy atom. The highest BCUT2D eigenvalue weighted by atomic mass is 16.6. The van der Waals surface area contributed by atoms with E-state index in [0.717, 1.165) is 35.4 Å². The van der Waals surface area contributed by atoms with Gasteiger partial charge in [0.2, 0.25) is 0 Å². The lowest BCUT2D eigenvalue weighted by molar-refractivity contribution is -0.0521. The van der Waals surface area contributed by atoms with Crippen molar-refractivity contribution in [3.8, 4) is 0 Å². The molecule has 1 aromatic carbocycles. The summed E-state index contributed by atoms with van der Waals surface area (Å²) in [6.45, 7) is 5.67. The molecule has 4 fully saturated rings. The van der Waals surface area contributed by atoms with Crippen LogP contribution in [-0.2, 0) is 11.2 Å². The van der Waals surface area contributed by atoms with Gasteiger partial charge in [0.05, 0.1) is 11.3 Å². The van der Waals surface area contributed by atoms with Crippen LogP contribution < -0.4 is 0 Å². The number of benzene rings is 1. The normalized spacial score (nSPS) is 28.9. The number of hydrogen-bond acceptors (Lipinski definition) is 5. The van der Waals surface area contributed by atoms with Crippen molar-refractivity contribution in [1.82, 2.24) is 9.97 Å². The van der Waals surface area contributed by atoms with E-state index in [9.17, 15) is 4.79 Å². The number of carbonyl (C=O) groups excluding carboxylic acids is 1. The molecule has 32 heavy (non-hydrogen) atoms. The predicted octanol–water partition coefficient (Wildman–Crippen LogP) is 5.94. The van der Waals surface area contributed by atoms with Crippen LogP contribution in [0.1, 0.15) is 80.8 Å². The molecule has 0 unspecified atom stereocenters. The van der Waals surface area contributed by atoms with Crippen molar-refractivity contribution in [2.45, 2.75) is 71.3 Å². The SMILES string of the molecule is CC(C)(C)OC(=O)c1ccc(CC23CC4CC(CC(C4)C2)C3)c(N=Cc2cncnc2)c1. The second-order valence-electron chi connectivity index (χ2n) is 11.4. The van der Waals surface area contributed by atoms with Gasteiger partial charge in [0, 0.05) is 24.2 Å². The molecule has 1 heterocycles. The molecule has 1 aromatic heterocycles. The number of aromatic nitrogens is 2. The smallest absolute Gasteiger partial charge is 0.338 e. The van der Waals surface area contributed by atoms with Gasteiger partial charge in [-0.1, -0.05) is 6.07 Å². The fraction of sp³-hybridized carbons (Fsp3) is 0.556. The number of esters is 1. The van der Waals surface area contributed by atoms with Crippen LogP contribution in [0.5, 0.6) is 0 Å². The molecule has 0 radical (unpaired) electrons. The molecule has 6 rings (SSSR count). The van der Waals surface area contributed by atoms with E-state index < -0.39 is 5.60 Å². The minimum Gasteiger partial charge on any atom is -0.456 e. The average molecular weight is 432 g/mol. The number of rotatable bonds is 5. The fourth-order valence-corrected chi connectivity index (χ4v) is 6.73. The first kappa shape index (κ1) is 21.3. The van der Waals surface area contributed by atoms with Crippen LogP contribution in [0.2, 0.25) is 0 Å². The molecular formula is C27H33N3O2. The fourth-order valence-electron chi connectivity index (χ4n) is 6.73. The minimum absolute atomic E-state index is 0.307. The van der Waals surface area contributed by atoms with E-state index >= 15 is 0 Å². The van der Waals surface area contributed by atoms with Gasteiger partial charge >= 0.3 is 5.97 Å². The lowest BCUT2D eigenvalue weighted by Gasteiger charge is -2.57. The first-order chi connectivity index (χ1) is 15.3. The molecule has 0 saturated heterocycles. The van der Waals surface area contributed by atoms with Crippen molar-refractivity contribution in [3.63, 3.8) is 0 Å². The maximum atomic E-state index is 12.7. The van der Waals surface area contributed by atoms with E-state index in [-0.39, 0.29) is 5.97 Å². The molecule has 4 bridgehead atoms. The molecule has 5 nitrogen and oxygen atoms in total. The van der Waals surface area contributed by atoms with Gasteiger partial charge in [0.1, 0.15) is 11.9 Å². The summed E-state index contributed by atoms with van der Waals surface area (Å²) in [6.07, 6.45) is 16.2. The molecule has 0 aliphatic heterocycles. The molecule has 0 spiro atoms. The van der Waals surface area contributed by atoms with Gasteiger partial charge < -0.3 is 4.74 Å². The zero-order chi connectivity index (χ0) is 22.3. The third-order valence-electron chi connectivity index (χ3n) is 7.38. The van der Waals surface area contributed by atoms with Gasteiger partial charge in [0.15, 0.2) is 0 Å². The standard InChI is InChI=1S/C27H33N3O2/c1-26(2,3)32-25(31)22-4-5-23(24(9-22)30-16-21-14-28-17-29-15-21)13-27-10-18-6-19(11-27)8-20(7-18)12-27/h4-5,9,14-20H,6-8,10-13H2,1-3H3. The molecule has 0 N–H and O–H groups in total. The number of aliphatic imine (C=N–C) groups is 1. The quantitative estimate of drug-likeness (QED) is 0.434. The van der Waals surface area contributed by atoms with E-state index in [2.05, 4.69) is 16.0 Å². The number of hydrogen-bond donors (Lipinski definition) is 0. The highest BCUT2D eigenvalue weighted by Crippen LogP contribution is 2.61. The molecule has 4 saturated carbocycles. The monoisotopic (exact) mass is 431 g/mol. The summed E-state index contributed by atoms with van der Waals surface area (Å²) >= 11 is 0. The van der Waals surface area contributed by atoms with Crippen molar-refractivity contribution in [2.24, 2.45) is 28.2 Å². The van der Waals surface area contributed by atoms with E-state index in [1.165, 1.54) is 50.4 Å². The summed E-state index contributed by atoms with van der Waals surface area (Å²) < 4.78 is 5.60. The van der Waals surface area contributed by atoms with Crippen LogP contribution >= 0.6 is 0 Å². The highest BCUT2D eigenvalue weighted by Gasteiger charge is 2.50. The lowest BCUT2D eigenvalue weighted by Crippen LogP contribution is -2.47. The van der Waals surface area contributed by atoms with E-state index in [1.807, 2.05) is 32.9 Å². The van der Waals surface area contributed by atoms with Crippen LogP contribution in [0.15, 0.2) is 41.9 Å². The Balaban J connectivity index is 1.46. The first-order valence-electron chi connectivity index (χ1n) is 11.9. The third-order valence-corrected chi connectivity index (χ3v) is 7.38. The van der Waals surface area contributed by atoms with Crippen molar-refractivity contribution < 1.29 is 9.53 Å². The van der Waals surface area contributed by atoms with Crippen molar-refractivity contribution >= 4 is 17.9 Å². The van der Waals surface area contributed by atoms with Crippen molar-refractivity contribution in [1.29, 1.82) is 0 Å². The zero-order valence-corrected chi connectivity index (χ0v) is 19.4. The van der Waals surface area contributed by atoms with Crippen molar-refractivity contribution in [2.75, 3.05) is 0 Å². The Hall–Kier alpha value is -2.56. The summed E-state index contributed by atoms with van der Waals surface area (Å²) in [7, 11) is 0. The van der Waals surface area contributed by atoms with Crippen LogP contribution in [0, 0.1) is 23.2 Å². The van der Waals surface area contributed by atoms with E-state index in [4.69, 9.17) is 9.73 Å². The zero-order valence-electron chi connectivity index (χ0n) is 19.4. The number of nitrogens with zero attached hydrogens (tertiary/aromatic N) is 3. The Bertz CT molecular complexity index is 988. The largest absolute Gasteiger partial charge is 0.456 e. The Morgan fingerprint density at radius 3 is 2.31 bits per heavy atom. The van der Waals surface area contributed by atoms with E-state index in [0.29, 0.717) is 11.0 Å². The first-order valence-corrected chi connectivity index (χ1v) is 11.9. The Labute approximate surface area is 190 Å². The molecule has 2 aromatic rings. The van der Waals surface area contributed by atoms with Gasteiger partial charge in [-0.05, 0) is 107 Å². The van der Waals surface area contributed by atoms with Gasteiger partial charge in [0.25, 0.3) is 0 Å². The molecule has 0 atom stereocenters. The summed E-state index contributed by atoms with van der Waals surface area (Å²) in [6, 6.07) is 5.91. The highest BCUT2D eigenvalue weighted by molar-refractivity contribution is 5.91. The summed E-state index contributed by atoms with van der Waals surface area (Å²) in [5.74, 6) is 2.43. The second kappa shape index (κ2) is 8.09. The third kappa shape index (κ3) is 4.62. The van der Waals surface area contributed by atoms with Crippen LogP contribution in [0.3, 0.4) is 0 Å². The number of ether oxygens (including phenoxy) is 1. The average Bonchev–Trinajstić information content (AvgIpc) is 2.71. The number of carbonyl (C=O) groups is 1. The van der Waals surface area contributed by atoms with Crippen LogP contribution in [-0.4, -0.2) is 27.8 Å². The molecule has 0 amide bonds. The molecule has 4 aliphatic rings. The summed E-state index contributed by atoms with van der Waals surface area (Å²) in [5.41, 5.74) is 3.35. The maximum absolute atomic E-state index is 12.7. The Kier molecular flexibility index (Phi) is 5.39. The van der Waals surface area contributed by atoms with E-state index in [1.54, 1.807) is 18.6 Å². The summed E-state index contributed by atoms with van der Waals surface area (Å²) in [5, 5.41) is 0. The summed E-state index contributed by atoms with van der Waals surface area (Å²) in [4.78, 5) is 25.7.